The van der Waals surface area contributed by atoms with Crippen LogP contribution in [0.5, 0.6) is 5.75 Å². The number of benzene rings is 2. The molecule has 0 aliphatic rings. The Morgan fingerprint density at radius 1 is 1.09 bits per heavy atom. The number of phenols is 1. The van der Waals surface area contributed by atoms with E-state index in [9.17, 15) is 27.1 Å². The van der Waals surface area contributed by atoms with Crippen LogP contribution in [0, 0.1) is 18.6 Å². The van der Waals surface area contributed by atoms with Gasteiger partial charge in [0.1, 0.15) is 22.1 Å². The van der Waals surface area contributed by atoms with Crippen molar-refractivity contribution in [3.63, 3.8) is 0 Å². The molecule has 2 aromatic rings. The van der Waals surface area contributed by atoms with E-state index < -0.39 is 49.5 Å². The van der Waals surface area contributed by atoms with Gasteiger partial charge < -0.3 is 10.2 Å². The number of nitrogens with one attached hydrogen (secondary N) is 1. The van der Waals surface area contributed by atoms with Crippen LogP contribution in [0.2, 0.25) is 0 Å². The number of sulfonamides is 1. The number of anilines is 1. The summed E-state index contributed by atoms with van der Waals surface area (Å²) < 4.78 is 52.7. The number of rotatable bonds is 4. The van der Waals surface area contributed by atoms with Crippen LogP contribution in [0.4, 0.5) is 14.5 Å². The molecule has 0 spiro atoms. The Balaban J connectivity index is 2.54. The number of aromatic hydroxyl groups is 1. The molecule has 0 heterocycles. The highest BCUT2D eigenvalue weighted by Crippen LogP contribution is 2.30. The second-order valence-corrected chi connectivity index (χ2v) is 6.38. The summed E-state index contributed by atoms with van der Waals surface area (Å²) in [7, 11) is -4.45. The largest absolute Gasteiger partial charge is 0.506 e. The van der Waals surface area contributed by atoms with Gasteiger partial charge in [0.15, 0.2) is 5.75 Å². The molecule has 0 bridgehead atoms. The first-order valence-corrected chi connectivity index (χ1v) is 7.64. The fourth-order valence-corrected chi connectivity index (χ4v) is 3.18. The summed E-state index contributed by atoms with van der Waals surface area (Å²) in [5.41, 5.74) is -0.734. The van der Waals surface area contributed by atoms with Crippen molar-refractivity contribution in [3.05, 3.63) is 53.1 Å². The minimum absolute atomic E-state index is 0.269. The average molecular weight is 343 g/mol. The molecule has 3 N–H and O–H groups in total. The van der Waals surface area contributed by atoms with Crippen LogP contribution in [-0.4, -0.2) is 24.6 Å². The van der Waals surface area contributed by atoms with Gasteiger partial charge in [0.25, 0.3) is 10.0 Å². The van der Waals surface area contributed by atoms with Crippen molar-refractivity contribution in [1.82, 2.24) is 0 Å². The van der Waals surface area contributed by atoms with Gasteiger partial charge in [-0.3, -0.25) is 4.72 Å². The molecule has 0 unspecified atom stereocenters. The molecule has 0 saturated heterocycles. The molecular weight excluding hydrogens is 332 g/mol. The zero-order valence-electron chi connectivity index (χ0n) is 11.7. The maximum absolute atomic E-state index is 13.1. The van der Waals surface area contributed by atoms with Crippen LogP contribution < -0.4 is 4.72 Å². The van der Waals surface area contributed by atoms with E-state index in [2.05, 4.69) is 0 Å². The van der Waals surface area contributed by atoms with Gasteiger partial charge in [-0.25, -0.2) is 22.0 Å². The van der Waals surface area contributed by atoms with Crippen molar-refractivity contribution >= 4 is 21.7 Å². The number of aromatic carboxylic acids is 1. The SMILES string of the molecule is Cc1cc(C(=O)O)c(O)c(S(=O)(=O)Nc2cc(F)cc(F)c2)c1. The molecule has 0 aliphatic carbocycles. The maximum Gasteiger partial charge on any atom is 0.339 e. The van der Waals surface area contributed by atoms with Crippen molar-refractivity contribution < 1.29 is 32.2 Å². The smallest absolute Gasteiger partial charge is 0.339 e. The van der Waals surface area contributed by atoms with Gasteiger partial charge in [-0.2, -0.15) is 0 Å². The average Bonchev–Trinajstić information content (AvgIpc) is 2.38. The summed E-state index contributed by atoms with van der Waals surface area (Å²) in [6, 6.07) is 4.18. The summed E-state index contributed by atoms with van der Waals surface area (Å²) in [4.78, 5) is 10.3. The first-order valence-electron chi connectivity index (χ1n) is 6.16. The van der Waals surface area contributed by atoms with Crippen LogP contribution in [0.1, 0.15) is 15.9 Å². The number of hydrogen-bond acceptors (Lipinski definition) is 4. The maximum atomic E-state index is 13.1. The van der Waals surface area contributed by atoms with E-state index in [1.54, 1.807) is 0 Å². The van der Waals surface area contributed by atoms with Gasteiger partial charge in [0, 0.05) is 6.07 Å². The number of hydrogen-bond donors (Lipinski definition) is 3. The van der Waals surface area contributed by atoms with E-state index in [0.29, 0.717) is 6.07 Å². The van der Waals surface area contributed by atoms with Crippen molar-refractivity contribution in [1.29, 1.82) is 0 Å². The lowest BCUT2D eigenvalue weighted by Crippen LogP contribution is -2.15. The van der Waals surface area contributed by atoms with Crippen molar-refractivity contribution in [2.24, 2.45) is 0 Å². The number of carboxylic acids is 1. The van der Waals surface area contributed by atoms with Gasteiger partial charge in [-0.05, 0) is 36.8 Å². The third kappa shape index (κ3) is 3.57. The van der Waals surface area contributed by atoms with Gasteiger partial charge in [0.05, 0.1) is 5.69 Å². The summed E-state index contributed by atoms with van der Waals surface area (Å²) in [5, 5.41) is 18.8. The summed E-state index contributed by atoms with van der Waals surface area (Å²) in [6.07, 6.45) is 0. The van der Waals surface area contributed by atoms with Crippen molar-refractivity contribution in [2.45, 2.75) is 11.8 Å². The topological polar surface area (TPSA) is 104 Å². The first-order chi connectivity index (χ1) is 10.6. The predicted octanol–water partition coefficient (Wildman–Crippen LogP) is 2.48. The Labute approximate surface area is 130 Å². The minimum atomic E-state index is -4.45. The quantitative estimate of drug-likeness (QED) is 0.791. The molecule has 0 amide bonds. The fraction of sp³-hybridized carbons (Fsp3) is 0.0714. The molecule has 6 nitrogen and oxygen atoms in total. The highest BCUT2D eigenvalue weighted by molar-refractivity contribution is 7.92. The molecule has 9 heteroatoms. The fourth-order valence-electron chi connectivity index (χ4n) is 1.94. The van der Waals surface area contributed by atoms with Gasteiger partial charge in [0.2, 0.25) is 0 Å². The number of carboxylic acid groups (broad SMARTS) is 1. The summed E-state index contributed by atoms with van der Waals surface area (Å²) >= 11 is 0. The molecule has 0 atom stereocenters. The number of carbonyl (C=O) groups is 1. The molecule has 0 aliphatic heterocycles. The standard InChI is InChI=1S/C14H11F2NO5S/c1-7-2-11(14(19)20)13(18)12(3-7)23(21,22)17-10-5-8(15)4-9(16)6-10/h2-6,17-18H,1H3,(H,19,20). The van der Waals surface area contributed by atoms with Crippen molar-refractivity contribution in [3.8, 4) is 5.75 Å². The third-order valence-electron chi connectivity index (χ3n) is 2.85. The Hall–Kier alpha value is -2.68. The van der Waals surface area contributed by atoms with E-state index in [-0.39, 0.29) is 5.56 Å². The van der Waals surface area contributed by atoms with Crippen LogP contribution in [0.3, 0.4) is 0 Å². The normalized spacial score (nSPS) is 11.3. The second-order valence-electron chi connectivity index (χ2n) is 4.73. The van der Waals surface area contributed by atoms with Crippen LogP contribution in [0.15, 0.2) is 35.2 Å². The third-order valence-corrected chi connectivity index (χ3v) is 4.25. The molecule has 122 valence electrons. The van der Waals surface area contributed by atoms with E-state index in [4.69, 9.17) is 5.11 Å². The molecule has 23 heavy (non-hydrogen) atoms. The Morgan fingerprint density at radius 2 is 1.65 bits per heavy atom. The summed E-state index contributed by atoms with van der Waals surface area (Å²) in [5.74, 6) is -4.48. The number of aryl methyl sites for hydroxylation is 1. The molecule has 0 aromatic heterocycles. The lowest BCUT2D eigenvalue weighted by Gasteiger charge is -2.12. The van der Waals surface area contributed by atoms with Crippen LogP contribution >= 0.6 is 0 Å². The van der Waals surface area contributed by atoms with Gasteiger partial charge in [-0.15, -0.1) is 0 Å². The molecule has 2 aromatic carbocycles. The highest BCUT2D eigenvalue weighted by Gasteiger charge is 2.24. The van der Waals surface area contributed by atoms with Gasteiger partial charge >= 0.3 is 5.97 Å². The van der Waals surface area contributed by atoms with E-state index in [1.165, 1.54) is 6.92 Å². The number of halogens is 2. The Kier molecular flexibility index (Phi) is 4.24. The van der Waals surface area contributed by atoms with E-state index >= 15 is 0 Å². The van der Waals surface area contributed by atoms with Crippen molar-refractivity contribution in [2.75, 3.05) is 4.72 Å². The lowest BCUT2D eigenvalue weighted by molar-refractivity contribution is 0.0693. The highest BCUT2D eigenvalue weighted by atomic mass is 32.2. The Bertz CT molecular complexity index is 876. The molecule has 0 saturated carbocycles. The van der Waals surface area contributed by atoms with Crippen LogP contribution in [-0.2, 0) is 10.0 Å². The zero-order valence-corrected chi connectivity index (χ0v) is 12.5. The monoisotopic (exact) mass is 343 g/mol. The van der Waals surface area contributed by atoms with Gasteiger partial charge in [-0.1, -0.05) is 0 Å². The molecule has 0 radical (unpaired) electrons. The predicted molar refractivity (Wildman–Crippen MR) is 77.0 cm³/mol. The summed E-state index contributed by atoms with van der Waals surface area (Å²) in [6.45, 7) is 1.44. The lowest BCUT2D eigenvalue weighted by atomic mass is 10.1. The minimum Gasteiger partial charge on any atom is -0.506 e. The first kappa shape index (κ1) is 16.7. The zero-order chi connectivity index (χ0) is 17.4. The molecule has 2 rings (SSSR count). The van der Waals surface area contributed by atoms with E-state index in [0.717, 1.165) is 24.3 Å². The second kappa shape index (κ2) is 5.84. The Morgan fingerprint density at radius 3 is 2.17 bits per heavy atom. The molecular formula is C14H11F2NO5S. The molecule has 0 fully saturated rings. The van der Waals surface area contributed by atoms with E-state index in [1.807, 2.05) is 4.72 Å². The van der Waals surface area contributed by atoms with Crippen LogP contribution in [0.25, 0.3) is 0 Å².